The molecule has 1 aromatic carbocycles. The summed E-state index contributed by atoms with van der Waals surface area (Å²) < 4.78 is 0. The van der Waals surface area contributed by atoms with Crippen molar-refractivity contribution in [3.63, 3.8) is 0 Å². The molecule has 0 heterocycles. The number of para-hydroxylation sites is 1. The second kappa shape index (κ2) is 11.2. The van der Waals surface area contributed by atoms with E-state index in [1.807, 2.05) is 43.1 Å². The summed E-state index contributed by atoms with van der Waals surface area (Å²) in [4.78, 5) is 27.0. The van der Waals surface area contributed by atoms with Crippen molar-refractivity contribution >= 4 is 17.5 Å². The van der Waals surface area contributed by atoms with Crippen LogP contribution in [-0.2, 0) is 16.1 Å². The molecule has 0 radical (unpaired) electrons. The lowest BCUT2D eigenvalue weighted by Crippen LogP contribution is -2.42. The molecular weight excluding hydrogens is 344 g/mol. The Kier molecular flexibility index (Phi) is 9.32. The van der Waals surface area contributed by atoms with Gasteiger partial charge in [0.15, 0.2) is 0 Å². The minimum absolute atomic E-state index is 0.0103. The van der Waals surface area contributed by atoms with Gasteiger partial charge in [0.2, 0.25) is 11.8 Å². The van der Waals surface area contributed by atoms with Crippen molar-refractivity contribution in [1.29, 1.82) is 0 Å². The van der Waals surface area contributed by atoms with E-state index in [-0.39, 0.29) is 24.2 Å². The highest BCUT2D eigenvalue weighted by atomic mass is 16.2. The van der Waals surface area contributed by atoms with E-state index in [0.29, 0.717) is 13.0 Å². The lowest BCUT2D eigenvalue weighted by Gasteiger charge is -2.20. The molecule has 0 spiro atoms. The maximum absolute atomic E-state index is 12.0. The predicted molar refractivity (Wildman–Crippen MR) is 109 cm³/mol. The molecule has 2 amide bonds. The van der Waals surface area contributed by atoms with Crippen LogP contribution in [0.4, 0.5) is 5.69 Å². The van der Waals surface area contributed by atoms with Crippen LogP contribution < -0.4 is 27.0 Å². The molecule has 0 bridgehead atoms. The first-order chi connectivity index (χ1) is 12.8. The maximum atomic E-state index is 12.0. The molecule has 8 nitrogen and oxygen atoms in total. The van der Waals surface area contributed by atoms with Crippen molar-refractivity contribution < 1.29 is 9.59 Å². The molecule has 1 atom stereocenters. The van der Waals surface area contributed by atoms with Crippen LogP contribution in [0.15, 0.2) is 36.3 Å². The number of benzene rings is 1. The smallest absolute Gasteiger partial charge is 0.242 e. The van der Waals surface area contributed by atoms with E-state index < -0.39 is 6.04 Å². The largest absolute Gasteiger partial charge is 0.384 e. The maximum Gasteiger partial charge on any atom is 0.242 e. The summed E-state index contributed by atoms with van der Waals surface area (Å²) in [5.74, 6) is -0.0631. The van der Waals surface area contributed by atoms with Gasteiger partial charge in [0.05, 0.1) is 12.6 Å². The van der Waals surface area contributed by atoms with Gasteiger partial charge in [-0.1, -0.05) is 31.5 Å². The summed E-state index contributed by atoms with van der Waals surface area (Å²) in [5.41, 5.74) is 13.6. The predicted octanol–water partition coefficient (Wildman–Crippen LogP) is 0.302. The normalized spacial score (nSPS) is 12.4. The zero-order valence-electron chi connectivity index (χ0n) is 16.7. The van der Waals surface area contributed by atoms with Crippen LogP contribution in [0.1, 0.15) is 25.3 Å². The third-order valence-electron chi connectivity index (χ3n) is 4.00. The minimum Gasteiger partial charge on any atom is -0.384 e. The average molecular weight is 377 g/mol. The van der Waals surface area contributed by atoms with Crippen LogP contribution in [-0.4, -0.2) is 50.4 Å². The number of rotatable bonds is 10. The van der Waals surface area contributed by atoms with Crippen molar-refractivity contribution in [3.8, 4) is 0 Å². The van der Waals surface area contributed by atoms with Crippen LogP contribution in [0.3, 0.4) is 0 Å². The van der Waals surface area contributed by atoms with Crippen molar-refractivity contribution in [2.24, 2.45) is 11.5 Å². The molecule has 27 heavy (non-hydrogen) atoms. The first kappa shape index (κ1) is 22.5. The number of carbonyl (C=O) groups is 2. The van der Waals surface area contributed by atoms with Crippen LogP contribution >= 0.6 is 0 Å². The lowest BCUT2D eigenvalue weighted by molar-refractivity contribution is -0.127. The molecule has 1 aromatic rings. The quantitative estimate of drug-likeness (QED) is 0.467. The van der Waals surface area contributed by atoms with E-state index in [0.717, 1.165) is 17.7 Å². The number of likely N-dealkylation sites (N-methyl/N-ethyl adjacent to an activating group) is 1. The molecule has 0 fully saturated rings. The summed E-state index contributed by atoms with van der Waals surface area (Å²) in [6.07, 6.45) is 3.07. The van der Waals surface area contributed by atoms with E-state index in [1.54, 1.807) is 25.2 Å². The van der Waals surface area contributed by atoms with Gasteiger partial charge >= 0.3 is 0 Å². The summed E-state index contributed by atoms with van der Waals surface area (Å²) in [5, 5.41) is 5.76. The number of carbonyl (C=O) groups excluding carboxylic acids is 2. The summed E-state index contributed by atoms with van der Waals surface area (Å²) in [7, 11) is 5.29. The van der Waals surface area contributed by atoms with E-state index >= 15 is 0 Å². The molecular formula is C19H32N6O2. The molecule has 0 aliphatic rings. The summed E-state index contributed by atoms with van der Waals surface area (Å²) in [6.45, 7) is 2.76. The standard InChI is InChI=1S/C19H32N6O2/c1-5-8-15(20)19(27)23-17(21)13-25(4)16-10-7-6-9-14(16)11-22-12-18(26)24(2)3/h6-7,9-10,13,15,22H,5,8,11-12,20-21H2,1-4H3,(H,23,27)/b17-13+. The third-order valence-corrected chi connectivity index (χ3v) is 4.00. The summed E-state index contributed by atoms with van der Waals surface area (Å²) >= 11 is 0. The Morgan fingerprint density at radius 2 is 1.89 bits per heavy atom. The number of amides is 2. The molecule has 8 heteroatoms. The topological polar surface area (TPSA) is 117 Å². The van der Waals surface area contributed by atoms with Crippen LogP contribution in [0.25, 0.3) is 0 Å². The molecule has 0 aliphatic heterocycles. The van der Waals surface area contributed by atoms with Crippen LogP contribution in [0.5, 0.6) is 0 Å². The molecule has 1 rings (SSSR count). The average Bonchev–Trinajstić information content (AvgIpc) is 2.61. The van der Waals surface area contributed by atoms with Crippen molar-refractivity contribution in [2.45, 2.75) is 32.4 Å². The van der Waals surface area contributed by atoms with Gasteiger partial charge in [-0.25, -0.2) is 0 Å². The summed E-state index contributed by atoms with van der Waals surface area (Å²) in [6, 6.07) is 7.19. The highest BCUT2D eigenvalue weighted by molar-refractivity contribution is 5.83. The number of nitrogens with zero attached hydrogens (tertiary/aromatic N) is 2. The van der Waals surface area contributed by atoms with Crippen molar-refractivity contribution in [2.75, 3.05) is 32.6 Å². The molecule has 1 unspecified atom stereocenters. The van der Waals surface area contributed by atoms with Gasteiger partial charge in [-0.15, -0.1) is 0 Å². The van der Waals surface area contributed by atoms with Gasteiger partial charge in [0.25, 0.3) is 0 Å². The zero-order valence-corrected chi connectivity index (χ0v) is 16.7. The second-order valence-electron chi connectivity index (χ2n) is 6.60. The fourth-order valence-corrected chi connectivity index (χ4v) is 2.45. The molecule has 0 saturated heterocycles. The molecule has 0 saturated carbocycles. The van der Waals surface area contributed by atoms with Gasteiger partial charge in [-0.05, 0) is 18.1 Å². The minimum atomic E-state index is -0.571. The monoisotopic (exact) mass is 376 g/mol. The SMILES string of the molecule is CCCC(N)C(=O)N/C(N)=C/N(C)c1ccccc1CNCC(=O)N(C)C. The Hall–Kier alpha value is -2.58. The van der Waals surface area contributed by atoms with Gasteiger partial charge < -0.3 is 31.9 Å². The molecule has 6 N–H and O–H groups in total. The number of anilines is 1. The third kappa shape index (κ3) is 7.67. The molecule has 0 aliphatic carbocycles. The Morgan fingerprint density at radius 3 is 2.52 bits per heavy atom. The Balaban J connectivity index is 2.75. The van der Waals surface area contributed by atoms with Gasteiger partial charge in [0, 0.05) is 39.6 Å². The Morgan fingerprint density at radius 1 is 1.22 bits per heavy atom. The van der Waals surface area contributed by atoms with Crippen molar-refractivity contribution in [3.05, 3.63) is 41.8 Å². The fourth-order valence-electron chi connectivity index (χ4n) is 2.45. The number of nitrogens with two attached hydrogens (primary N) is 2. The van der Waals surface area contributed by atoms with E-state index in [2.05, 4.69) is 10.6 Å². The molecule has 150 valence electrons. The fraction of sp³-hybridized carbons (Fsp3) is 0.474. The van der Waals surface area contributed by atoms with Crippen LogP contribution in [0.2, 0.25) is 0 Å². The Labute approximate surface area is 161 Å². The van der Waals surface area contributed by atoms with E-state index in [4.69, 9.17) is 11.5 Å². The molecule has 0 aromatic heterocycles. The first-order valence-corrected chi connectivity index (χ1v) is 9.01. The van der Waals surface area contributed by atoms with E-state index in [9.17, 15) is 9.59 Å². The van der Waals surface area contributed by atoms with Gasteiger partial charge in [0.1, 0.15) is 5.82 Å². The van der Waals surface area contributed by atoms with Gasteiger partial charge in [-0.3, -0.25) is 9.59 Å². The number of hydrogen-bond acceptors (Lipinski definition) is 6. The van der Waals surface area contributed by atoms with Crippen LogP contribution in [0, 0.1) is 0 Å². The second-order valence-corrected chi connectivity index (χ2v) is 6.60. The lowest BCUT2D eigenvalue weighted by atomic mass is 10.1. The highest BCUT2D eigenvalue weighted by Gasteiger charge is 2.13. The van der Waals surface area contributed by atoms with Gasteiger partial charge in [-0.2, -0.15) is 0 Å². The number of nitrogens with one attached hydrogen (secondary N) is 2. The Bertz CT molecular complexity index is 659. The van der Waals surface area contributed by atoms with E-state index in [1.165, 1.54) is 0 Å². The number of hydrogen-bond donors (Lipinski definition) is 4. The van der Waals surface area contributed by atoms with Crippen molar-refractivity contribution in [1.82, 2.24) is 15.5 Å². The zero-order chi connectivity index (χ0) is 20.4. The highest BCUT2D eigenvalue weighted by Crippen LogP contribution is 2.19. The first-order valence-electron chi connectivity index (χ1n) is 9.01.